The van der Waals surface area contributed by atoms with Crippen molar-refractivity contribution >= 4 is 49.1 Å². The SMILES string of the molecule is Cc1ccc(NC(=O)c2ccc3c(c2)S(=O)(=O)N(c2ccc(Br)cc2)C3=O)c(C)c1. The molecule has 0 fully saturated rings. The minimum absolute atomic E-state index is 0.0426. The van der Waals surface area contributed by atoms with E-state index in [4.69, 9.17) is 0 Å². The third kappa shape index (κ3) is 3.42. The first kappa shape index (κ1) is 20.3. The molecule has 0 spiro atoms. The maximum atomic E-state index is 13.1. The molecule has 1 N–H and O–H groups in total. The molecule has 152 valence electrons. The standard InChI is InChI=1S/C22H17BrN2O4S/c1-13-3-10-19(14(2)11-13)24-21(26)15-4-9-18-20(12-15)30(28,29)25(22(18)27)17-7-5-16(23)6-8-17/h3-12H,1-2H3,(H,24,26). The van der Waals surface area contributed by atoms with Crippen molar-refractivity contribution in [1.29, 1.82) is 0 Å². The molecule has 30 heavy (non-hydrogen) atoms. The number of aryl methyl sites for hydroxylation is 2. The summed E-state index contributed by atoms with van der Waals surface area (Å²) in [4.78, 5) is 25.3. The summed E-state index contributed by atoms with van der Waals surface area (Å²) >= 11 is 3.29. The third-order valence-corrected chi connectivity index (χ3v) is 7.15. The monoisotopic (exact) mass is 484 g/mol. The van der Waals surface area contributed by atoms with Gasteiger partial charge in [0.15, 0.2) is 0 Å². The summed E-state index contributed by atoms with van der Waals surface area (Å²) in [6, 6.07) is 16.1. The first-order valence-electron chi connectivity index (χ1n) is 9.06. The second kappa shape index (κ2) is 7.37. The third-order valence-electron chi connectivity index (χ3n) is 4.87. The van der Waals surface area contributed by atoms with Crippen molar-refractivity contribution in [2.75, 3.05) is 9.62 Å². The van der Waals surface area contributed by atoms with Gasteiger partial charge in [0.2, 0.25) is 0 Å². The van der Waals surface area contributed by atoms with Gasteiger partial charge >= 0.3 is 0 Å². The van der Waals surface area contributed by atoms with E-state index in [9.17, 15) is 18.0 Å². The number of rotatable bonds is 3. The van der Waals surface area contributed by atoms with Crippen LogP contribution in [0.1, 0.15) is 31.8 Å². The molecule has 1 aliphatic rings. The summed E-state index contributed by atoms with van der Waals surface area (Å²) in [6.07, 6.45) is 0. The van der Waals surface area contributed by atoms with E-state index < -0.39 is 21.8 Å². The lowest BCUT2D eigenvalue weighted by atomic mass is 10.1. The van der Waals surface area contributed by atoms with Crippen molar-refractivity contribution in [3.8, 4) is 0 Å². The smallest absolute Gasteiger partial charge is 0.273 e. The quantitative estimate of drug-likeness (QED) is 0.585. The van der Waals surface area contributed by atoms with Gasteiger partial charge in [-0.15, -0.1) is 0 Å². The molecule has 4 rings (SSSR count). The Bertz CT molecular complexity index is 1300. The largest absolute Gasteiger partial charge is 0.322 e. The van der Waals surface area contributed by atoms with Gasteiger partial charge in [0.1, 0.15) is 4.90 Å². The number of anilines is 2. The average Bonchev–Trinajstić information content (AvgIpc) is 2.90. The maximum absolute atomic E-state index is 13.1. The van der Waals surface area contributed by atoms with Gasteiger partial charge in [-0.05, 0) is 67.9 Å². The van der Waals surface area contributed by atoms with E-state index in [1.807, 2.05) is 26.0 Å². The van der Waals surface area contributed by atoms with Crippen LogP contribution in [-0.4, -0.2) is 20.2 Å². The molecule has 0 radical (unpaired) electrons. The summed E-state index contributed by atoms with van der Waals surface area (Å²) in [5.74, 6) is -1.09. The highest BCUT2D eigenvalue weighted by atomic mass is 79.9. The molecule has 0 aromatic heterocycles. The Hall–Kier alpha value is -2.97. The van der Waals surface area contributed by atoms with Crippen LogP contribution in [0.4, 0.5) is 11.4 Å². The van der Waals surface area contributed by atoms with Crippen molar-refractivity contribution in [3.63, 3.8) is 0 Å². The van der Waals surface area contributed by atoms with E-state index in [0.29, 0.717) is 5.69 Å². The van der Waals surface area contributed by atoms with Crippen LogP contribution >= 0.6 is 15.9 Å². The summed E-state index contributed by atoms with van der Waals surface area (Å²) in [7, 11) is -4.12. The van der Waals surface area contributed by atoms with Gasteiger partial charge in [-0.1, -0.05) is 33.6 Å². The molecule has 2 amide bonds. The van der Waals surface area contributed by atoms with Crippen LogP contribution in [0.3, 0.4) is 0 Å². The Morgan fingerprint density at radius 2 is 1.67 bits per heavy atom. The number of sulfonamides is 1. The van der Waals surface area contributed by atoms with Crippen molar-refractivity contribution in [3.05, 3.63) is 87.4 Å². The fourth-order valence-electron chi connectivity index (χ4n) is 3.35. The Morgan fingerprint density at radius 1 is 0.967 bits per heavy atom. The second-order valence-corrected chi connectivity index (χ2v) is 9.71. The maximum Gasteiger partial charge on any atom is 0.273 e. The Balaban J connectivity index is 1.69. The van der Waals surface area contributed by atoms with Crippen LogP contribution in [0.15, 0.2) is 70.0 Å². The van der Waals surface area contributed by atoms with Crippen LogP contribution in [0.2, 0.25) is 0 Å². The van der Waals surface area contributed by atoms with E-state index in [1.54, 1.807) is 30.3 Å². The summed E-state index contributed by atoms with van der Waals surface area (Å²) < 4.78 is 27.7. The molecule has 8 heteroatoms. The molecule has 1 heterocycles. The van der Waals surface area contributed by atoms with Crippen LogP contribution < -0.4 is 9.62 Å². The average molecular weight is 485 g/mol. The zero-order valence-corrected chi connectivity index (χ0v) is 18.5. The van der Waals surface area contributed by atoms with Crippen molar-refractivity contribution < 1.29 is 18.0 Å². The molecular weight excluding hydrogens is 468 g/mol. The molecule has 0 saturated heterocycles. The van der Waals surface area contributed by atoms with E-state index in [1.165, 1.54) is 18.2 Å². The number of amides is 2. The molecule has 3 aromatic carbocycles. The van der Waals surface area contributed by atoms with E-state index in [-0.39, 0.29) is 21.7 Å². The van der Waals surface area contributed by atoms with E-state index in [0.717, 1.165) is 19.9 Å². The highest BCUT2D eigenvalue weighted by Crippen LogP contribution is 2.35. The number of halogens is 1. The molecule has 0 unspecified atom stereocenters. The lowest BCUT2D eigenvalue weighted by molar-refractivity contribution is 0.100. The first-order valence-corrected chi connectivity index (χ1v) is 11.3. The zero-order chi connectivity index (χ0) is 21.6. The van der Waals surface area contributed by atoms with Gasteiger partial charge in [0, 0.05) is 15.7 Å². The highest BCUT2D eigenvalue weighted by molar-refractivity contribution is 9.10. The number of fused-ring (bicyclic) bond motifs is 1. The Kier molecular flexibility index (Phi) is 4.99. The summed E-state index contributed by atoms with van der Waals surface area (Å²) in [5.41, 5.74) is 3.04. The molecular formula is C22H17BrN2O4S. The van der Waals surface area contributed by atoms with Crippen molar-refractivity contribution in [2.24, 2.45) is 0 Å². The first-order chi connectivity index (χ1) is 14.2. The second-order valence-electron chi connectivity index (χ2n) is 7.03. The van der Waals surface area contributed by atoms with E-state index >= 15 is 0 Å². The van der Waals surface area contributed by atoms with Gasteiger partial charge in [0.05, 0.1) is 11.3 Å². The fourth-order valence-corrected chi connectivity index (χ4v) is 5.24. The molecule has 0 bridgehead atoms. The van der Waals surface area contributed by atoms with Crippen LogP contribution in [0.25, 0.3) is 0 Å². The van der Waals surface area contributed by atoms with Gasteiger partial charge in [0.25, 0.3) is 21.8 Å². The molecule has 0 aliphatic carbocycles. The molecule has 3 aromatic rings. The number of carbonyl (C=O) groups excluding carboxylic acids is 2. The fraction of sp³-hybridized carbons (Fsp3) is 0.0909. The number of carbonyl (C=O) groups is 2. The Morgan fingerprint density at radius 3 is 2.33 bits per heavy atom. The predicted molar refractivity (Wildman–Crippen MR) is 118 cm³/mol. The van der Waals surface area contributed by atoms with Gasteiger partial charge in [-0.2, -0.15) is 4.31 Å². The zero-order valence-electron chi connectivity index (χ0n) is 16.1. The summed E-state index contributed by atoms with van der Waals surface area (Å²) in [6.45, 7) is 3.84. The predicted octanol–water partition coefficient (Wildman–Crippen LogP) is 4.67. The molecule has 0 atom stereocenters. The minimum atomic E-state index is -4.12. The number of benzene rings is 3. The van der Waals surface area contributed by atoms with Gasteiger partial charge in [-0.3, -0.25) is 9.59 Å². The lowest BCUT2D eigenvalue weighted by Gasteiger charge is -2.15. The molecule has 6 nitrogen and oxygen atoms in total. The Labute approximate surface area is 182 Å². The number of nitrogens with one attached hydrogen (secondary N) is 1. The van der Waals surface area contributed by atoms with Crippen LogP contribution in [0.5, 0.6) is 0 Å². The normalized spacial score (nSPS) is 14.5. The van der Waals surface area contributed by atoms with Crippen LogP contribution in [-0.2, 0) is 10.0 Å². The number of hydrogen-bond donors (Lipinski definition) is 1. The molecule has 1 aliphatic heterocycles. The van der Waals surface area contributed by atoms with Crippen LogP contribution in [0, 0.1) is 13.8 Å². The molecule has 0 saturated carbocycles. The highest BCUT2D eigenvalue weighted by Gasteiger charge is 2.42. The van der Waals surface area contributed by atoms with Crippen molar-refractivity contribution in [2.45, 2.75) is 18.7 Å². The van der Waals surface area contributed by atoms with E-state index in [2.05, 4.69) is 21.2 Å². The van der Waals surface area contributed by atoms with Crippen molar-refractivity contribution in [1.82, 2.24) is 0 Å². The number of hydrogen-bond acceptors (Lipinski definition) is 4. The lowest BCUT2D eigenvalue weighted by Crippen LogP contribution is -2.29. The topological polar surface area (TPSA) is 83.6 Å². The minimum Gasteiger partial charge on any atom is -0.322 e. The van der Waals surface area contributed by atoms with Gasteiger partial charge in [-0.25, -0.2) is 8.42 Å². The number of nitrogens with zero attached hydrogens (tertiary/aromatic N) is 1. The summed E-state index contributed by atoms with van der Waals surface area (Å²) in [5, 5.41) is 2.80. The van der Waals surface area contributed by atoms with Gasteiger partial charge < -0.3 is 5.32 Å².